The lowest BCUT2D eigenvalue weighted by atomic mass is 10.1. The maximum atomic E-state index is 12.9. The van der Waals surface area contributed by atoms with Gasteiger partial charge in [-0.15, -0.1) is 0 Å². The Morgan fingerprint density at radius 2 is 1.52 bits per heavy atom. The third-order valence-electron chi connectivity index (χ3n) is 3.60. The maximum Gasteiger partial charge on any atom is 0.178 e. The highest BCUT2D eigenvalue weighted by Gasteiger charge is 2.06. The Bertz CT molecular complexity index is 967. The van der Waals surface area contributed by atoms with Gasteiger partial charge in [0, 0.05) is 18.0 Å². The molecule has 0 bridgehead atoms. The molecule has 2 aromatic carbocycles. The van der Waals surface area contributed by atoms with Crippen LogP contribution in [0.4, 0.5) is 4.39 Å². The molecule has 2 aromatic heterocycles. The number of aromatic nitrogens is 4. The fraction of sp³-hybridized carbons (Fsp3) is 0. The van der Waals surface area contributed by atoms with Crippen LogP contribution in [0.1, 0.15) is 0 Å². The van der Waals surface area contributed by atoms with Crippen LogP contribution in [-0.2, 0) is 0 Å². The molecule has 0 saturated heterocycles. The molecule has 0 spiro atoms. The molecule has 0 unspecified atom stereocenters. The minimum Gasteiger partial charge on any atom is -0.457 e. The summed E-state index contributed by atoms with van der Waals surface area (Å²) in [7, 11) is 0. The van der Waals surface area contributed by atoms with Crippen molar-refractivity contribution in [3.05, 3.63) is 78.9 Å². The van der Waals surface area contributed by atoms with Crippen LogP contribution in [0.2, 0.25) is 0 Å². The molecular formula is C19H13FN4O. The fourth-order valence-electron chi connectivity index (χ4n) is 2.36. The summed E-state index contributed by atoms with van der Waals surface area (Å²) >= 11 is 0. The van der Waals surface area contributed by atoms with Gasteiger partial charge in [-0.3, -0.25) is 5.10 Å². The molecule has 6 heteroatoms. The lowest BCUT2D eigenvalue weighted by Gasteiger charge is -2.07. The van der Waals surface area contributed by atoms with Gasteiger partial charge in [0.15, 0.2) is 5.82 Å². The van der Waals surface area contributed by atoms with Crippen molar-refractivity contribution in [1.82, 2.24) is 20.2 Å². The van der Waals surface area contributed by atoms with Crippen LogP contribution in [0, 0.1) is 5.82 Å². The summed E-state index contributed by atoms with van der Waals surface area (Å²) in [5.74, 6) is 1.54. The van der Waals surface area contributed by atoms with Crippen molar-refractivity contribution in [2.75, 3.05) is 0 Å². The third kappa shape index (κ3) is 3.37. The molecule has 0 aliphatic heterocycles. The average molecular weight is 332 g/mol. The van der Waals surface area contributed by atoms with Crippen molar-refractivity contribution < 1.29 is 9.13 Å². The molecule has 25 heavy (non-hydrogen) atoms. The Hall–Kier alpha value is -3.54. The number of benzene rings is 2. The molecule has 5 nitrogen and oxygen atoms in total. The molecule has 0 saturated carbocycles. The highest BCUT2D eigenvalue weighted by molar-refractivity contribution is 5.62. The van der Waals surface area contributed by atoms with Crippen molar-refractivity contribution in [2.24, 2.45) is 0 Å². The number of hydrogen-bond donors (Lipinski definition) is 1. The summed E-state index contributed by atoms with van der Waals surface area (Å²) in [4.78, 5) is 8.79. The first-order chi connectivity index (χ1) is 12.3. The van der Waals surface area contributed by atoms with Gasteiger partial charge in [0.1, 0.15) is 23.0 Å². The topological polar surface area (TPSA) is 63.7 Å². The number of ether oxygens (including phenoxy) is 1. The molecule has 0 amide bonds. The Kier molecular flexibility index (Phi) is 3.92. The van der Waals surface area contributed by atoms with Crippen LogP contribution in [0.3, 0.4) is 0 Å². The molecule has 0 aliphatic carbocycles. The number of rotatable bonds is 4. The lowest BCUT2D eigenvalue weighted by Crippen LogP contribution is -1.92. The normalized spacial score (nSPS) is 10.6. The van der Waals surface area contributed by atoms with E-state index in [9.17, 15) is 4.39 Å². The van der Waals surface area contributed by atoms with E-state index in [4.69, 9.17) is 4.74 Å². The first kappa shape index (κ1) is 15.0. The van der Waals surface area contributed by atoms with E-state index in [2.05, 4.69) is 20.2 Å². The van der Waals surface area contributed by atoms with E-state index in [-0.39, 0.29) is 5.82 Å². The molecule has 0 fully saturated rings. The predicted octanol–water partition coefficient (Wildman–Crippen LogP) is 4.47. The number of H-pyrrole nitrogens is 1. The Balaban J connectivity index is 1.56. The van der Waals surface area contributed by atoms with Crippen molar-refractivity contribution in [1.29, 1.82) is 0 Å². The molecule has 0 atom stereocenters. The van der Waals surface area contributed by atoms with Gasteiger partial charge < -0.3 is 4.74 Å². The molecule has 0 radical (unpaired) electrons. The van der Waals surface area contributed by atoms with Crippen molar-refractivity contribution in [3.8, 4) is 34.3 Å². The van der Waals surface area contributed by atoms with Gasteiger partial charge in [0.2, 0.25) is 0 Å². The maximum absolute atomic E-state index is 12.9. The van der Waals surface area contributed by atoms with Crippen molar-refractivity contribution in [2.45, 2.75) is 0 Å². The second-order valence-corrected chi connectivity index (χ2v) is 5.32. The van der Waals surface area contributed by atoms with E-state index in [0.717, 1.165) is 17.0 Å². The van der Waals surface area contributed by atoms with E-state index < -0.39 is 0 Å². The summed E-state index contributed by atoms with van der Waals surface area (Å²) in [6.45, 7) is 0. The van der Waals surface area contributed by atoms with E-state index in [0.29, 0.717) is 17.3 Å². The zero-order valence-corrected chi connectivity index (χ0v) is 13.1. The molecule has 4 aromatic rings. The highest BCUT2D eigenvalue weighted by atomic mass is 19.1. The van der Waals surface area contributed by atoms with Gasteiger partial charge in [-0.05, 0) is 60.7 Å². The number of nitrogens with one attached hydrogen (secondary N) is 1. The summed E-state index contributed by atoms with van der Waals surface area (Å²) in [5, 5.41) is 6.76. The molecule has 0 aliphatic rings. The van der Waals surface area contributed by atoms with Crippen LogP contribution in [0.25, 0.3) is 22.8 Å². The van der Waals surface area contributed by atoms with E-state index in [1.54, 1.807) is 24.5 Å². The second-order valence-electron chi connectivity index (χ2n) is 5.32. The first-order valence-corrected chi connectivity index (χ1v) is 7.64. The second kappa shape index (κ2) is 6.52. The zero-order valence-electron chi connectivity index (χ0n) is 13.1. The van der Waals surface area contributed by atoms with Gasteiger partial charge >= 0.3 is 0 Å². The summed E-state index contributed by atoms with van der Waals surface area (Å²) in [5.41, 5.74) is 2.50. The SMILES string of the molecule is Fc1ccc(Oc2ccc(-c3ccnc(-c4ccn[nH]4)n3)cc2)cc1. The Morgan fingerprint density at radius 3 is 2.20 bits per heavy atom. The number of nitrogens with zero attached hydrogens (tertiary/aromatic N) is 3. The summed E-state index contributed by atoms with van der Waals surface area (Å²) < 4.78 is 18.6. The number of halogens is 1. The molecular weight excluding hydrogens is 319 g/mol. The zero-order chi connectivity index (χ0) is 17.1. The Morgan fingerprint density at radius 1 is 0.800 bits per heavy atom. The van der Waals surface area contributed by atoms with Crippen molar-refractivity contribution in [3.63, 3.8) is 0 Å². The van der Waals surface area contributed by atoms with Crippen molar-refractivity contribution >= 4 is 0 Å². The van der Waals surface area contributed by atoms with Gasteiger partial charge in [0.25, 0.3) is 0 Å². The monoisotopic (exact) mass is 332 g/mol. The van der Waals surface area contributed by atoms with Crippen LogP contribution in [0.5, 0.6) is 11.5 Å². The largest absolute Gasteiger partial charge is 0.457 e. The standard InChI is InChI=1S/C19H13FN4O/c20-14-3-7-16(8-4-14)25-15-5-1-13(2-6-15)17-9-11-21-19(23-17)18-10-12-22-24-18/h1-12H,(H,22,24). The predicted molar refractivity (Wildman–Crippen MR) is 91.5 cm³/mol. The minimum absolute atomic E-state index is 0.292. The fourth-order valence-corrected chi connectivity index (χ4v) is 2.36. The lowest BCUT2D eigenvalue weighted by molar-refractivity contribution is 0.480. The van der Waals surface area contributed by atoms with Gasteiger partial charge in [-0.1, -0.05) is 0 Å². The smallest absolute Gasteiger partial charge is 0.178 e. The summed E-state index contributed by atoms with van der Waals surface area (Å²) in [6, 6.07) is 17.1. The third-order valence-corrected chi connectivity index (χ3v) is 3.60. The highest BCUT2D eigenvalue weighted by Crippen LogP contribution is 2.25. The summed E-state index contributed by atoms with van der Waals surface area (Å²) in [6.07, 6.45) is 3.37. The van der Waals surface area contributed by atoms with E-state index in [1.165, 1.54) is 12.1 Å². The molecule has 2 heterocycles. The van der Waals surface area contributed by atoms with Crippen LogP contribution in [0.15, 0.2) is 73.1 Å². The van der Waals surface area contributed by atoms with Gasteiger partial charge in [-0.2, -0.15) is 5.10 Å². The average Bonchev–Trinajstić information content (AvgIpc) is 3.19. The Labute approximate surface area is 143 Å². The minimum atomic E-state index is -0.292. The van der Waals surface area contributed by atoms with Crippen LogP contribution >= 0.6 is 0 Å². The van der Waals surface area contributed by atoms with Gasteiger partial charge in [-0.25, -0.2) is 14.4 Å². The van der Waals surface area contributed by atoms with E-state index in [1.807, 2.05) is 36.4 Å². The molecule has 122 valence electrons. The number of hydrogen-bond acceptors (Lipinski definition) is 4. The molecule has 1 N–H and O–H groups in total. The quantitative estimate of drug-likeness (QED) is 0.599. The van der Waals surface area contributed by atoms with Crippen LogP contribution in [-0.4, -0.2) is 20.2 Å². The number of aromatic amines is 1. The van der Waals surface area contributed by atoms with E-state index >= 15 is 0 Å². The van der Waals surface area contributed by atoms with Crippen LogP contribution < -0.4 is 4.74 Å². The first-order valence-electron chi connectivity index (χ1n) is 7.64. The van der Waals surface area contributed by atoms with Gasteiger partial charge in [0.05, 0.1) is 5.69 Å². The molecule has 4 rings (SSSR count).